The molecule has 0 aliphatic rings. The first-order chi connectivity index (χ1) is 10.2. The van der Waals surface area contributed by atoms with E-state index in [2.05, 4.69) is 10.2 Å². The van der Waals surface area contributed by atoms with E-state index < -0.39 is 5.97 Å². The fraction of sp³-hybridized carbons (Fsp3) is 0.214. The number of nitrogens with zero attached hydrogens (tertiary/aromatic N) is 2. The van der Waals surface area contributed by atoms with Crippen molar-refractivity contribution in [3.8, 4) is 5.75 Å². The number of carbonyl (C=O) groups is 1. The summed E-state index contributed by atoms with van der Waals surface area (Å²) >= 11 is 0. The molecular formula is C14H13N3O4. The molecule has 0 radical (unpaired) electrons. The SMILES string of the molecule is CCOC(=O)c1cc2n[nH]c(=O)n2c2ccc(OC)cc12. The molecule has 0 saturated heterocycles. The molecule has 2 aromatic heterocycles. The number of fused-ring (bicyclic) bond motifs is 3. The lowest BCUT2D eigenvalue weighted by atomic mass is 10.1. The third-order valence-corrected chi connectivity index (χ3v) is 3.20. The first-order valence-electron chi connectivity index (χ1n) is 6.40. The molecule has 108 valence electrons. The maximum atomic E-state index is 12.1. The van der Waals surface area contributed by atoms with Crippen molar-refractivity contribution in [2.75, 3.05) is 13.7 Å². The molecule has 3 rings (SSSR count). The normalized spacial score (nSPS) is 11.0. The topological polar surface area (TPSA) is 85.7 Å². The summed E-state index contributed by atoms with van der Waals surface area (Å²) in [7, 11) is 1.54. The molecule has 0 spiro atoms. The Morgan fingerprint density at radius 2 is 2.19 bits per heavy atom. The van der Waals surface area contributed by atoms with Crippen LogP contribution in [0, 0.1) is 0 Å². The number of esters is 1. The van der Waals surface area contributed by atoms with Gasteiger partial charge in [-0.15, -0.1) is 0 Å². The molecule has 2 heterocycles. The lowest BCUT2D eigenvalue weighted by molar-refractivity contribution is 0.0528. The number of hydrogen-bond acceptors (Lipinski definition) is 5. The molecule has 21 heavy (non-hydrogen) atoms. The van der Waals surface area contributed by atoms with E-state index in [1.165, 1.54) is 17.6 Å². The molecule has 3 aromatic rings. The number of hydrogen-bond donors (Lipinski definition) is 1. The van der Waals surface area contributed by atoms with E-state index in [-0.39, 0.29) is 12.3 Å². The average molecular weight is 287 g/mol. The Kier molecular flexibility index (Phi) is 3.09. The Morgan fingerprint density at radius 1 is 1.38 bits per heavy atom. The molecule has 1 N–H and O–H groups in total. The summed E-state index contributed by atoms with van der Waals surface area (Å²) in [6.45, 7) is 2.00. The molecule has 0 unspecified atom stereocenters. The van der Waals surface area contributed by atoms with Gasteiger partial charge in [0.05, 0.1) is 24.8 Å². The Morgan fingerprint density at radius 3 is 2.90 bits per heavy atom. The fourth-order valence-electron chi connectivity index (χ4n) is 2.28. The van der Waals surface area contributed by atoms with Crippen LogP contribution in [-0.4, -0.2) is 34.3 Å². The lowest BCUT2D eigenvalue weighted by Gasteiger charge is -2.09. The Bertz CT molecular complexity index is 894. The second-order valence-corrected chi connectivity index (χ2v) is 4.38. The van der Waals surface area contributed by atoms with Crippen molar-refractivity contribution in [3.63, 3.8) is 0 Å². The fourth-order valence-corrected chi connectivity index (χ4v) is 2.28. The van der Waals surface area contributed by atoms with E-state index >= 15 is 0 Å². The predicted octanol–water partition coefficient (Wildman–Crippen LogP) is 1.36. The Hall–Kier alpha value is -2.83. The van der Waals surface area contributed by atoms with Crippen molar-refractivity contribution in [2.24, 2.45) is 0 Å². The second kappa shape index (κ2) is 4.93. The maximum absolute atomic E-state index is 12.1. The highest BCUT2D eigenvalue weighted by Crippen LogP contribution is 2.25. The lowest BCUT2D eigenvalue weighted by Crippen LogP contribution is -2.12. The van der Waals surface area contributed by atoms with Gasteiger partial charge in [0.25, 0.3) is 0 Å². The van der Waals surface area contributed by atoms with Gasteiger partial charge in [0.1, 0.15) is 5.75 Å². The Labute approximate surface area is 119 Å². The van der Waals surface area contributed by atoms with Crippen molar-refractivity contribution >= 4 is 22.5 Å². The smallest absolute Gasteiger partial charge is 0.348 e. The minimum Gasteiger partial charge on any atom is -0.497 e. The third kappa shape index (κ3) is 2.03. The number of H-pyrrole nitrogens is 1. The van der Waals surface area contributed by atoms with E-state index in [0.29, 0.717) is 27.9 Å². The van der Waals surface area contributed by atoms with Gasteiger partial charge >= 0.3 is 11.7 Å². The standard InChI is InChI=1S/C14H13N3O4/c1-3-21-13(18)10-7-12-15-16-14(19)17(12)11-5-4-8(20-2)6-9(10)11/h4-7H,3H2,1-2H3,(H,16,19). The number of aromatic nitrogens is 3. The van der Waals surface area contributed by atoms with Crippen LogP contribution in [0.2, 0.25) is 0 Å². The van der Waals surface area contributed by atoms with Crippen LogP contribution in [0.1, 0.15) is 17.3 Å². The zero-order chi connectivity index (χ0) is 15.0. The van der Waals surface area contributed by atoms with Gasteiger partial charge in [-0.1, -0.05) is 0 Å². The van der Waals surface area contributed by atoms with E-state index in [1.807, 2.05) is 0 Å². The maximum Gasteiger partial charge on any atom is 0.348 e. The number of ether oxygens (including phenoxy) is 2. The highest BCUT2D eigenvalue weighted by atomic mass is 16.5. The van der Waals surface area contributed by atoms with Crippen LogP contribution < -0.4 is 10.4 Å². The first kappa shape index (κ1) is 13.2. The number of aromatic amines is 1. The van der Waals surface area contributed by atoms with Crippen LogP contribution in [0.25, 0.3) is 16.6 Å². The van der Waals surface area contributed by atoms with Gasteiger partial charge in [-0.3, -0.25) is 0 Å². The van der Waals surface area contributed by atoms with Crippen LogP contribution >= 0.6 is 0 Å². The molecule has 0 atom stereocenters. The van der Waals surface area contributed by atoms with E-state index in [9.17, 15) is 9.59 Å². The minimum absolute atomic E-state index is 0.267. The molecule has 7 nitrogen and oxygen atoms in total. The molecule has 0 aliphatic heterocycles. The molecule has 0 fully saturated rings. The quantitative estimate of drug-likeness (QED) is 0.735. The molecule has 7 heteroatoms. The number of nitrogens with one attached hydrogen (secondary N) is 1. The second-order valence-electron chi connectivity index (χ2n) is 4.38. The number of pyridine rings is 1. The zero-order valence-corrected chi connectivity index (χ0v) is 11.5. The number of rotatable bonds is 3. The molecular weight excluding hydrogens is 274 g/mol. The van der Waals surface area contributed by atoms with Crippen LogP contribution in [0.5, 0.6) is 5.75 Å². The van der Waals surface area contributed by atoms with Crippen molar-refractivity contribution in [2.45, 2.75) is 6.92 Å². The van der Waals surface area contributed by atoms with Gasteiger partial charge in [-0.05, 0) is 31.2 Å². The first-order valence-corrected chi connectivity index (χ1v) is 6.40. The van der Waals surface area contributed by atoms with Gasteiger partial charge in [-0.2, -0.15) is 5.10 Å². The van der Waals surface area contributed by atoms with Gasteiger partial charge in [0.15, 0.2) is 5.65 Å². The molecule has 0 amide bonds. The minimum atomic E-state index is -0.464. The van der Waals surface area contributed by atoms with Gasteiger partial charge in [0, 0.05) is 5.39 Å². The molecule has 0 bridgehead atoms. The zero-order valence-electron chi connectivity index (χ0n) is 11.5. The summed E-state index contributed by atoms with van der Waals surface area (Å²) < 4.78 is 11.6. The monoisotopic (exact) mass is 287 g/mol. The summed E-state index contributed by atoms with van der Waals surface area (Å²) in [5.41, 5.74) is 0.906. The van der Waals surface area contributed by atoms with E-state index in [4.69, 9.17) is 9.47 Å². The predicted molar refractivity (Wildman–Crippen MR) is 75.8 cm³/mol. The third-order valence-electron chi connectivity index (χ3n) is 3.20. The number of benzene rings is 1. The summed E-state index contributed by atoms with van der Waals surface area (Å²) in [5.74, 6) is 0.123. The summed E-state index contributed by atoms with van der Waals surface area (Å²) in [6, 6.07) is 6.65. The van der Waals surface area contributed by atoms with E-state index in [0.717, 1.165) is 0 Å². The van der Waals surface area contributed by atoms with Gasteiger partial charge in [0.2, 0.25) is 0 Å². The van der Waals surface area contributed by atoms with Crippen molar-refractivity contribution in [1.29, 1.82) is 0 Å². The van der Waals surface area contributed by atoms with Crippen LogP contribution in [0.4, 0.5) is 0 Å². The van der Waals surface area contributed by atoms with E-state index in [1.54, 1.807) is 25.1 Å². The van der Waals surface area contributed by atoms with Crippen LogP contribution in [0.3, 0.4) is 0 Å². The Balaban J connectivity index is 2.42. The van der Waals surface area contributed by atoms with Crippen molar-refractivity contribution < 1.29 is 14.3 Å². The van der Waals surface area contributed by atoms with Gasteiger partial charge < -0.3 is 9.47 Å². The van der Waals surface area contributed by atoms with Crippen molar-refractivity contribution in [3.05, 3.63) is 40.3 Å². The summed E-state index contributed by atoms with van der Waals surface area (Å²) in [5, 5.41) is 6.84. The summed E-state index contributed by atoms with van der Waals surface area (Å²) in [4.78, 5) is 24.0. The average Bonchev–Trinajstić information content (AvgIpc) is 2.87. The number of methoxy groups -OCH3 is 1. The van der Waals surface area contributed by atoms with Gasteiger partial charge in [-0.25, -0.2) is 19.1 Å². The number of carbonyl (C=O) groups excluding carboxylic acids is 1. The highest BCUT2D eigenvalue weighted by Gasteiger charge is 2.17. The molecule has 0 saturated carbocycles. The molecule has 1 aromatic carbocycles. The van der Waals surface area contributed by atoms with Crippen LogP contribution in [-0.2, 0) is 4.74 Å². The van der Waals surface area contributed by atoms with Crippen molar-refractivity contribution in [1.82, 2.24) is 14.6 Å². The molecule has 0 aliphatic carbocycles. The summed E-state index contributed by atoms with van der Waals surface area (Å²) in [6.07, 6.45) is 0. The largest absolute Gasteiger partial charge is 0.497 e. The van der Waals surface area contributed by atoms with Crippen LogP contribution in [0.15, 0.2) is 29.1 Å². The highest BCUT2D eigenvalue weighted by molar-refractivity contribution is 6.05.